The summed E-state index contributed by atoms with van der Waals surface area (Å²) in [6.45, 7) is 4.83. The molecule has 0 bridgehead atoms. The van der Waals surface area contributed by atoms with Crippen LogP contribution in [0.5, 0.6) is 0 Å². The number of likely N-dealkylation sites (tertiary alicyclic amines) is 1. The molecule has 1 fully saturated rings. The first-order chi connectivity index (χ1) is 12.0. The predicted molar refractivity (Wildman–Crippen MR) is 92.0 cm³/mol. The van der Waals surface area contributed by atoms with Gasteiger partial charge in [0.1, 0.15) is 5.82 Å². The van der Waals surface area contributed by atoms with Gasteiger partial charge >= 0.3 is 5.97 Å². The first-order valence-electron chi connectivity index (χ1n) is 8.51. The van der Waals surface area contributed by atoms with E-state index in [-0.39, 0.29) is 18.4 Å². The number of carboxylic acid groups (broad SMARTS) is 1. The average Bonchev–Trinajstić information content (AvgIpc) is 3.10. The van der Waals surface area contributed by atoms with Crippen molar-refractivity contribution < 1.29 is 14.7 Å². The standard InChI is InChI=1S/C18H22N4O3/c1-3-15-19-16(21-20-15)12-4-6-13(7-5-12)17(23)22-9-11(2)8-14(10-22)18(24)25/h4-7,11,14H,3,8-10H2,1-2H3,(H,24,25)(H,19,20,21). The Balaban J connectivity index is 1.75. The molecule has 2 N–H and O–H groups in total. The summed E-state index contributed by atoms with van der Waals surface area (Å²) in [6, 6.07) is 7.12. The van der Waals surface area contributed by atoms with Crippen molar-refractivity contribution in [3.63, 3.8) is 0 Å². The minimum atomic E-state index is -0.837. The molecule has 1 aliphatic rings. The van der Waals surface area contributed by atoms with Gasteiger partial charge in [-0.2, -0.15) is 5.10 Å². The van der Waals surface area contributed by atoms with E-state index in [2.05, 4.69) is 15.2 Å². The summed E-state index contributed by atoms with van der Waals surface area (Å²) < 4.78 is 0. The number of aromatic amines is 1. The van der Waals surface area contributed by atoms with Crippen molar-refractivity contribution in [2.75, 3.05) is 13.1 Å². The molecule has 1 aromatic heterocycles. The monoisotopic (exact) mass is 342 g/mol. The van der Waals surface area contributed by atoms with Crippen LogP contribution in [0, 0.1) is 11.8 Å². The number of aliphatic carboxylic acids is 1. The first-order valence-corrected chi connectivity index (χ1v) is 8.51. The number of carboxylic acids is 1. The molecule has 25 heavy (non-hydrogen) atoms. The lowest BCUT2D eigenvalue weighted by molar-refractivity contribution is -0.143. The van der Waals surface area contributed by atoms with E-state index in [1.54, 1.807) is 17.0 Å². The summed E-state index contributed by atoms with van der Waals surface area (Å²) in [6.07, 6.45) is 1.39. The van der Waals surface area contributed by atoms with E-state index >= 15 is 0 Å². The van der Waals surface area contributed by atoms with Crippen LogP contribution >= 0.6 is 0 Å². The summed E-state index contributed by atoms with van der Waals surface area (Å²) in [4.78, 5) is 30.0. The molecule has 2 aromatic rings. The number of nitrogens with one attached hydrogen (secondary N) is 1. The molecule has 7 heteroatoms. The molecule has 0 aliphatic carbocycles. The van der Waals surface area contributed by atoms with Crippen LogP contribution in [0.25, 0.3) is 11.4 Å². The maximum Gasteiger partial charge on any atom is 0.308 e. The Bertz CT molecular complexity index is 769. The molecule has 0 spiro atoms. The number of carbonyl (C=O) groups excluding carboxylic acids is 1. The minimum absolute atomic E-state index is 0.131. The van der Waals surface area contributed by atoms with E-state index in [1.807, 2.05) is 26.0 Å². The summed E-state index contributed by atoms with van der Waals surface area (Å²) in [5.74, 6) is 0.140. The van der Waals surface area contributed by atoms with Gasteiger partial charge in [0.15, 0.2) is 5.82 Å². The molecule has 3 rings (SSSR count). The van der Waals surface area contributed by atoms with Crippen LogP contribution in [0.1, 0.15) is 36.5 Å². The molecule has 0 saturated carbocycles. The molecule has 2 atom stereocenters. The number of hydrogen-bond donors (Lipinski definition) is 2. The number of aromatic nitrogens is 3. The topological polar surface area (TPSA) is 99.2 Å². The van der Waals surface area contributed by atoms with Gasteiger partial charge in [-0.15, -0.1) is 0 Å². The molecule has 2 heterocycles. The number of H-pyrrole nitrogens is 1. The van der Waals surface area contributed by atoms with Crippen LogP contribution in [0.15, 0.2) is 24.3 Å². The van der Waals surface area contributed by atoms with Crippen molar-refractivity contribution in [1.29, 1.82) is 0 Å². The lowest BCUT2D eigenvalue weighted by Gasteiger charge is -2.34. The molecule has 0 radical (unpaired) electrons. The molecule has 1 aliphatic heterocycles. The van der Waals surface area contributed by atoms with Gasteiger partial charge in [-0.25, -0.2) is 4.98 Å². The second-order valence-electron chi connectivity index (χ2n) is 6.62. The lowest BCUT2D eigenvalue weighted by atomic mass is 9.90. The van der Waals surface area contributed by atoms with E-state index in [4.69, 9.17) is 0 Å². The molecule has 1 amide bonds. The van der Waals surface area contributed by atoms with E-state index in [1.165, 1.54) is 0 Å². The Kier molecular flexibility index (Phi) is 4.83. The molecular weight excluding hydrogens is 320 g/mol. The van der Waals surface area contributed by atoms with E-state index < -0.39 is 11.9 Å². The van der Waals surface area contributed by atoms with Gasteiger partial charge in [-0.05, 0) is 24.5 Å². The number of amides is 1. The van der Waals surface area contributed by atoms with Crippen molar-refractivity contribution >= 4 is 11.9 Å². The first kappa shape index (κ1) is 17.1. The fraction of sp³-hybridized carbons (Fsp3) is 0.444. The number of hydrogen-bond acceptors (Lipinski definition) is 4. The second-order valence-corrected chi connectivity index (χ2v) is 6.62. The third-order valence-electron chi connectivity index (χ3n) is 4.55. The number of piperidine rings is 1. The minimum Gasteiger partial charge on any atom is -0.481 e. The Labute approximate surface area is 146 Å². The molecule has 132 valence electrons. The Morgan fingerprint density at radius 3 is 2.60 bits per heavy atom. The van der Waals surface area contributed by atoms with Crippen LogP contribution < -0.4 is 0 Å². The zero-order valence-corrected chi connectivity index (χ0v) is 14.4. The van der Waals surface area contributed by atoms with Crippen LogP contribution in [0.3, 0.4) is 0 Å². The number of carbonyl (C=O) groups is 2. The zero-order chi connectivity index (χ0) is 18.0. The zero-order valence-electron chi connectivity index (χ0n) is 14.4. The van der Waals surface area contributed by atoms with Gasteiger partial charge in [0, 0.05) is 30.6 Å². The SMILES string of the molecule is CCc1nc(-c2ccc(C(=O)N3CC(C)CC(C(=O)O)C3)cc2)n[nH]1. The van der Waals surface area contributed by atoms with Crippen molar-refractivity contribution in [3.05, 3.63) is 35.7 Å². The van der Waals surface area contributed by atoms with Crippen molar-refractivity contribution in [2.45, 2.75) is 26.7 Å². The molecule has 1 aromatic carbocycles. The quantitative estimate of drug-likeness (QED) is 0.887. The highest BCUT2D eigenvalue weighted by molar-refractivity contribution is 5.95. The van der Waals surface area contributed by atoms with Gasteiger partial charge in [0.2, 0.25) is 0 Å². The van der Waals surface area contributed by atoms with Crippen LogP contribution in [-0.2, 0) is 11.2 Å². The van der Waals surface area contributed by atoms with E-state index in [0.29, 0.717) is 24.4 Å². The van der Waals surface area contributed by atoms with Crippen molar-refractivity contribution in [3.8, 4) is 11.4 Å². The lowest BCUT2D eigenvalue weighted by Crippen LogP contribution is -2.45. The van der Waals surface area contributed by atoms with Gasteiger partial charge < -0.3 is 10.0 Å². The van der Waals surface area contributed by atoms with Crippen molar-refractivity contribution in [1.82, 2.24) is 20.1 Å². The van der Waals surface area contributed by atoms with E-state index in [0.717, 1.165) is 17.8 Å². The maximum atomic E-state index is 12.7. The number of rotatable bonds is 4. The highest BCUT2D eigenvalue weighted by atomic mass is 16.4. The number of aryl methyl sites for hydroxylation is 1. The Morgan fingerprint density at radius 2 is 2.00 bits per heavy atom. The van der Waals surface area contributed by atoms with Gasteiger partial charge in [0.05, 0.1) is 5.92 Å². The van der Waals surface area contributed by atoms with Gasteiger partial charge in [-0.1, -0.05) is 26.0 Å². The summed E-state index contributed by atoms with van der Waals surface area (Å²) >= 11 is 0. The summed E-state index contributed by atoms with van der Waals surface area (Å²) in [7, 11) is 0. The normalized spacial score (nSPS) is 20.5. The van der Waals surface area contributed by atoms with Gasteiger partial charge in [0.25, 0.3) is 5.91 Å². The average molecular weight is 342 g/mol. The summed E-state index contributed by atoms with van der Waals surface area (Å²) in [5.41, 5.74) is 1.39. The maximum absolute atomic E-state index is 12.7. The number of nitrogens with zero attached hydrogens (tertiary/aromatic N) is 3. The number of benzene rings is 1. The Hall–Kier alpha value is -2.70. The fourth-order valence-corrected chi connectivity index (χ4v) is 3.22. The third kappa shape index (κ3) is 3.70. The smallest absolute Gasteiger partial charge is 0.308 e. The van der Waals surface area contributed by atoms with Crippen LogP contribution in [-0.4, -0.2) is 50.2 Å². The highest BCUT2D eigenvalue weighted by Gasteiger charge is 2.32. The third-order valence-corrected chi connectivity index (χ3v) is 4.55. The molecular formula is C18H22N4O3. The summed E-state index contributed by atoms with van der Waals surface area (Å²) in [5, 5.41) is 16.3. The van der Waals surface area contributed by atoms with Crippen LogP contribution in [0.2, 0.25) is 0 Å². The largest absolute Gasteiger partial charge is 0.481 e. The molecule has 7 nitrogen and oxygen atoms in total. The Morgan fingerprint density at radius 1 is 1.28 bits per heavy atom. The predicted octanol–water partition coefficient (Wildman–Crippen LogP) is 2.22. The van der Waals surface area contributed by atoms with Crippen LogP contribution in [0.4, 0.5) is 0 Å². The van der Waals surface area contributed by atoms with Crippen molar-refractivity contribution in [2.24, 2.45) is 11.8 Å². The highest BCUT2D eigenvalue weighted by Crippen LogP contribution is 2.24. The molecule has 1 saturated heterocycles. The second kappa shape index (κ2) is 7.04. The van der Waals surface area contributed by atoms with Gasteiger partial charge in [-0.3, -0.25) is 14.7 Å². The molecule has 2 unspecified atom stereocenters. The van der Waals surface area contributed by atoms with E-state index in [9.17, 15) is 14.7 Å². The fourth-order valence-electron chi connectivity index (χ4n) is 3.22.